The summed E-state index contributed by atoms with van der Waals surface area (Å²) >= 11 is 0. The van der Waals surface area contributed by atoms with Gasteiger partial charge in [0.05, 0.1) is 11.1 Å². The van der Waals surface area contributed by atoms with Crippen LogP contribution in [0.4, 0.5) is 24.7 Å². The van der Waals surface area contributed by atoms with Gasteiger partial charge in [-0.1, -0.05) is 18.2 Å². The standard InChI is InChI=1S/C24H16F3N7O2/c25-15-7-8-16(21(27)20(15)26)32-17(35)11-34-24-19(23(28)30-12-31-24)22(33-34)13-6-9-18(29-10-13)36-14-4-2-1-3-5-14/h1-10,12H,11H2,(H,32,35)(H2,28,30,31). The Morgan fingerprint density at radius 1 is 0.972 bits per heavy atom. The van der Waals surface area contributed by atoms with Crippen LogP contribution in [-0.4, -0.2) is 30.6 Å². The maximum atomic E-state index is 14.0. The zero-order valence-corrected chi connectivity index (χ0v) is 18.3. The number of nitrogens with two attached hydrogens (primary N) is 1. The van der Waals surface area contributed by atoms with Crippen LogP contribution in [0.15, 0.2) is 67.1 Å². The molecule has 0 spiro atoms. The molecule has 0 saturated heterocycles. The number of halogens is 3. The summed E-state index contributed by atoms with van der Waals surface area (Å²) in [5.41, 5.74) is 6.70. The van der Waals surface area contributed by atoms with E-state index in [-0.39, 0.29) is 11.5 Å². The van der Waals surface area contributed by atoms with Crippen LogP contribution in [0.2, 0.25) is 0 Å². The van der Waals surface area contributed by atoms with E-state index >= 15 is 0 Å². The highest BCUT2D eigenvalue weighted by Gasteiger charge is 2.20. The van der Waals surface area contributed by atoms with Gasteiger partial charge in [-0.25, -0.2) is 32.8 Å². The Morgan fingerprint density at radius 2 is 1.78 bits per heavy atom. The van der Waals surface area contributed by atoms with E-state index in [4.69, 9.17) is 10.5 Å². The number of amides is 1. The zero-order chi connectivity index (χ0) is 25.2. The molecule has 0 aliphatic heterocycles. The second kappa shape index (κ2) is 9.33. The smallest absolute Gasteiger partial charge is 0.246 e. The molecule has 0 aliphatic rings. The fourth-order valence-corrected chi connectivity index (χ4v) is 3.48. The maximum Gasteiger partial charge on any atom is 0.246 e. The monoisotopic (exact) mass is 491 g/mol. The number of fused-ring (bicyclic) bond motifs is 1. The lowest BCUT2D eigenvalue weighted by Gasteiger charge is -2.08. The fourth-order valence-electron chi connectivity index (χ4n) is 3.48. The molecule has 0 fully saturated rings. The van der Waals surface area contributed by atoms with Crippen molar-refractivity contribution < 1.29 is 22.7 Å². The van der Waals surface area contributed by atoms with E-state index in [0.717, 1.165) is 6.07 Å². The van der Waals surface area contributed by atoms with E-state index in [2.05, 4.69) is 25.4 Å². The van der Waals surface area contributed by atoms with Crippen molar-refractivity contribution in [3.05, 3.63) is 84.6 Å². The number of hydrogen-bond donors (Lipinski definition) is 2. The summed E-state index contributed by atoms with van der Waals surface area (Å²) in [6.45, 7) is -0.423. The SMILES string of the molecule is Nc1ncnc2c1c(-c1ccc(Oc3ccccc3)nc1)nn2CC(=O)Nc1ccc(F)c(F)c1F. The molecule has 0 aliphatic carbocycles. The maximum absolute atomic E-state index is 14.0. The minimum Gasteiger partial charge on any atom is -0.439 e. The van der Waals surface area contributed by atoms with E-state index in [0.29, 0.717) is 34.3 Å². The molecule has 12 heteroatoms. The van der Waals surface area contributed by atoms with Crippen LogP contribution in [0.25, 0.3) is 22.3 Å². The third-order valence-electron chi connectivity index (χ3n) is 5.14. The Hall–Kier alpha value is -5.00. The second-order valence-corrected chi connectivity index (χ2v) is 7.54. The van der Waals surface area contributed by atoms with Gasteiger partial charge >= 0.3 is 0 Å². The average Bonchev–Trinajstić information content (AvgIpc) is 3.25. The molecule has 5 aromatic rings. The summed E-state index contributed by atoms with van der Waals surface area (Å²) in [4.78, 5) is 25.0. The van der Waals surface area contributed by atoms with Crippen molar-refractivity contribution >= 4 is 28.4 Å². The highest BCUT2D eigenvalue weighted by molar-refractivity contribution is 5.99. The van der Waals surface area contributed by atoms with E-state index in [1.165, 1.54) is 17.2 Å². The van der Waals surface area contributed by atoms with Gasteiger partial charge in [0.25, 0.3) is 0 Å². The zero-order valence-electron chi connectivity index (χ0n) is 18.3. The number of anilines is 2. The molecule has 1 amide bonds. The highest BCUT2D eigenvalue weighted by Crippen LogP contribution is 2.31. The predicted octanol–water partition coefficient (Wildman–Crippen LogP) is 4.32. The Bertz CT molecular complexity index is 1580. The van der Waals surface area contributed by atoms with Crippen molar-refractivity contribution in [2.75, 3.05) is 11.1 Å². The van der Waals surface area contributed by atoms with Crippen molar-refractivity contribution in [3.8, 4) is 22.9 Å². The Morgan fingerprint density at radius 3 is 2.53 bits per heavy atom. The summed E-state index contributed by atoms with van der Waals surface area (Å²) in [7, 11) is 0. The minimum absolute atomic E-state index is 0.123. The fraction of sp³-hybridized carbons (Fsp3) is 0.0417. The molecule has 3 aromatic heterocycles. The van der Waals surface area contributed by atoms with Gasteiger partial charge in [0.15, 0.2) is 23.1 Å². The number of aromatic nitrogens is 5. The molecular weight excluding hydrogens is 475 g/mol. The number of benzene rings is 2. The number of hydrogen-bond acceptors (Lipinski definition) is 7. The van der Waals surface area contributed by atoms with Crippen LogP contribution in [-0.2, 0) is 11.3 Å². The van der Waals surface area contributed by atoms with Gasteiger partial charge in [-0.3, -0.25) is 4.79 Å². The molecule has 36 heavy (non-hydrogen) atoms. The number of nitrogen functional groups attached to an aromatic ring is 1. The Kier molecular flexibility index (Phi) is 5.90. The Balaban J connectivity index is 1.43. The lowest BCUT2D eigenvalue weighted by Crippen LogP contribution is -2.20. The van der Waals surface area contributed by atoms with Gasteiger partial charge in [0, 0.05) is 17.8 Å². The van der Waals surface area contributed by atoms with Crippen LogP contribution in [0.3, 0.4) is 0 Å². The number of nitrogens with zero attached hydrogens (tertiary/aromatic N) is 5. The molecule has 0 unspecified atom stereocenters. The number of nitrogens with one attached hydrogen (secondary N) is 1. The molecule has 2 aromatic carbocycles. The topological polar surface area (TPSA) is 121 Å². The number of para-hydroxylation sites is 1. The van der Waals surface area contributed by atoms with E-state index in [9.17, 15) is 18.0 Å². The molecule has 0 saturated carbocycles. The summed E-state index contributed by atoms with van der Waals surface area (Å²) < 4.78 is 47.6. The first-order valence-electron chi connectivity index (χ1n) is 10.5. The lowest BCUT2D eigenvalue weighted by molar-refractivity contribution is -0.116. The molecule has 180 valence electrons. The van der Waals surface area contributed by atoms with Crippen molar-refractivity contribution in [2.45, 2.75) is 6.54 Å². The van der Waals surface area contributed by atoms with Crippen LogP contribution >= 0.6 is 0 Å². The molecular formula is C24H16F3N7O2. The van der Waals surface area contributed by atoms with Crippen molar-refractivity contribution in [1.29, 1.82) is 0 Å². The first kappa shape index (κ1) is 22.8. The predicted molar refractivity (Wildman–Crippen MR) is 124 cm³/mol. The van der Waals surface area contributed by atoms with Crippen molar-refractivity contribution in [1.82, 2.24) is 24.7 Å². The van der Waals surface area contributed by atoms with Crippen LogP contribution < -0.4 is 15.8 Å². The number of carbonyl (C=O) groups is 1. The quantitative estimate of drug-likeness (QED) is 0.340. The number of rotatable bonds is 6. The molecule has 0 bridgehead atoms. The van der Waals surface area contributed by atoms with Gasteiger partial charge in [-0.05, 0) is 30.3 Å². The number of carbonyl (C=O) groups excluding carboxylic acids is 1. The summed E-state index contributed by atoms with van der Waals surface area (Å²) in [6.07, 6.45) is 2.73. The van der Waals surface area contributed by atoms with E-state index in [1.807, 2.05) is 18.2 Å². The number of ether oxygens (including phenoxy) is 1. The Labute approximate surface area is 201 Å². The highest BCUT2D eigenvalue weighted by atomic mass is 19.2. The molecule has 0 radical (unpaired) electrons. The molecule has 9 nitrogen and oxygen atoms in total. The van der Waals surface area contributed by atoms with Gasteiger partial charge in [-0.2, -0.15) is 5.10 Å². The van der Waals surface area contributed by atoms with E-state index in [1.54, 1.807) is 24.3 Å². The number of pyridine rings is 1. The third kappa shape index (κ3) is 4.39. The molecule has 3 heterocycles. The van der Waals surface area contributed by atoms with Crippen LogP contribution in [0.5, 0.6) is 11.6 Å². The molecule has 3 N–H and O–H groups in total. The summed E-state index contributed by atoms with van der Waals surface area (Å²) in [5, 5.41) is 7.01. The van der Waals surface area contributed by atoms with Gasteiger partial charge in [0.1, 0.15) is 30.1 Å². The minimum atomic E-state index is -1.69. The van der Waals surface area contributed by atoms with Crippen LogP contribution in [0, 0.1) is 17.5 Å². The van der Waals surface area contributed by atoms with Gasteiger partial charge in [-0.15, -0.1) is 0 Å². The first-order valence-corrected chi connectivity index (χ1v) is 10.5. The summed E-state index contributed by atoms with van der Waals surface area (Å²) in [6, 6.07) is 14.1. The van der Waals surface area contributed by atoms with Crippen LogP contribution in [0.1, 0.15) is 0 Å². The summed E-state index contributed by atoms with van der Waals surface area (Å²) in [5.74, 6) is -4.22. The molecule has 5 rings (SSSR count). The normalized spacial score (nSPS) is 11.0. The second-order valence-electron chi connectivity index (χ2n) is 7.54. The largest absolute Gasteiger partial charge is 0.439 e. The average molecular weight is 491 g/mol. The lowest BCUT2D eigenvalue weighted by atomic mass is 10.1. The van der Waals surface area contributed by atoms with Crippen molar-refractivity contribution in [3.63, 3.8) is 0 Å². The van der Waals surface area contributed by atoms with Gasteiger partial charge < -0.3 is 15.8 Å². The molecule has 0 atom stereocenters. The first-order chi connectivity index (χ1) is 17.4. The van der Waals surface area contributed by atoms with Crippen molar-refractivity contribution in [2.24, 2.45) is 0 Å². The van der Waals surface area contributed by atoms with Gasteiger partial charge in [0.2, 0.25) is 11.8 Å². The third-order valence-corrected chi connectivity index (χ3v) is 5.14. The van der Waals surface area contributed by atoms with E-state index < -0.39 is 35.6 Å².